The summed E-state index contributed by atoms with van der Waals surface area (Å²) in [5, 5.41) is 10.8. The molecule has 0 aliphatic heterocycles. The Labute approximate surface area is 334 Å². The van der Waals surface area contributed by atoms with E-state index in [1.807, 2.05) is 0 Å². The molecule has 3 aromatic rings. The summed E-state index contributed by atoms with van der Waals surface area (Å²) in [5.41, 5.74) is -9.23. The van der Waals surface area contributed by atoms with Crippen molar-refractivity contribution >= 4 is 22.7 Å². The third kappa shape index (κ3) is 8.09. The summed E-state index contributed by atoms with van der Waals surface area (Å²) in [6.45, 7) is 24.0. The number of hydrogen-bond acceptors (Lipinski definition) is 1. The average Bonchev–Trinajstić information content (AvgIpc) is 3.42. The van der Waals surface area contributed by atoms with Crippen LogP contribution in [0.4, 0.5) is 65.9 Å². The fourth-order valence-corrected chi connectivity index (χ4v) is 8.19. The molecule has 5 rings (SSSR count). The van der Waals surface area contributed by atoms with Crippen molar-refractivity contribution in [3.63, 3.8) is 0 Å². The molecule has 56 heavy (non-hydrogen) atoms. The smallest absolute Gasteiger partial charge is 0.214 e. The summed E-state index contributed by atoms with van der Waals surface area (Å²) >= 11 is 0. The van der Waals surface area contributed by atoms with E-state index < -0.39 is 110 Å². The third-order valence-electron chi connectivity index (χ3n) is 13.3. The van der Waals surface area contributed by atoms with Crippen molar-refractivity contribution in [3.05, 3.63) is 87.3 Å². The monoisotopic (exact) mass is 899 g/mol. The molecule has 312 valence electrons. The topological polar surface area (TPSA) is 20.2 Å². The first-order valence-electron chi connectivity index (χ1n) is 17.6. The molecule has 2 fully saturated rings. The van der Waals surface area contributed by atoms with Crippen molar-refractivity contribution in [3.8, 4) is 0 Å². The van der Waals surface area contributed by atoms with Crippen molar-refractivity contribution in [1.82, 2.24) is 0 Å². The van der Waals surface area contributed by atoms with E-state index in [0.29, 0.717) is 0 Å². The molecule has 18 heteroatoms. The summed E-state index contributed by atoms with van der Waals surface area (Å²) in [5.74, 6) is -38.5. The number of benzene rings is 3. The van der Waals surface area contributed by atoms with Gasteiger partial charge >= 0.3 is 0 Å². The second-order valence-electron chi connectivity index (χ2n) is 15.4. The van der Waals surface area contributed by atoms with Crippen LogP contribution < -0.4 is 16.4 Å². The molecule has 0 heterocycles. The second-order valence-corrected chi connectivity index (χ2v) is 15.4. The molecule has 1 nitrogen and oxygen atoms in total. The predicted molar refractivity (Wildman–Crippen MR) is 177 cm³/mol. The molecule has 0 spiro atoms. The molecule has 0 atom stereocenters. The number of rotatable bonds is 3. The molecule has 2 aliphatic rings. The van der Waals surface area contributed by atoms with Gasteiger partial charge in [-0.05, 0) is 59.2 Å². The van der Waals surface area contributed by atoms with Crippen molar-refractivity contribution in [2.24, 2.45) is 59.2 Å². The van der Waals surface area contributed by atoms with Gasteiger partial charge in [-0.3, -0.25) is 0 Å². The Morgan fingerprint density at radius 2 is 0.339 bits per heavy atom. The molecule has 0 radical (unpaired) electrons. The first-order valence-corrected chi connectivity index (χ1v) is 17.6. The standard InChI is InChI=1S/C18HBF15O.2C10H20.Zr/c20-4-1(5(21)11(27)16(32)10(4)26)19(35,2-6(22)12(28)17(33)13(29)7(2)23)3-8(24)14(30)18(34)15(31)9(3)25;2*1-6-7(2)9(4)10(5)8(6)3;/h35H;2*6-10H,1-5H3;/q-1;;;. The minimum Gasteiger partial charge on any atom is -0.594 e. The van der Waals surface area contributed by atoms with Gasteiger partial charge in [0, 0.05) is 26.2 Å². The van der Waals surface area contributed by atoms with E-state index >= 15 is 0 Å². The summed E-state index contributed by atoms with van der Waals surface area (Å²) < 4.78 is 210. The van der Waals surface area contributed by atoms with Crippen LogP contribution in [0.1, 0.15) is 69.2 Å². The Morgan fingerprint density at radius 3 is 0.446 bits per heavy atom. The zero-order valence-corrected chi connectivity index (χ0v) is 34.4. The first-order chi connectivity index (χ1) is 25.1. The Kier molecular flexibility index (Phi) is 16.1. The van der Waals surface area contributed by atoms with E-state index in [9.17, 15) is 70.9 Å². The molecule has 0 amide bonds. The van der Waals surface area contributed by atoms with Crippen LogP contribution >= 0.6 is 0 Å². The summed E-state index contributed by atoms with van der Waals surface area (Å²) in [7, 11) is 0. The van der Waals surface area contributed by atoms with Gasteiger partial charge in [0.2, 0.25) is 6.35 Å². The van der Waals surface area contributed by atoms with Gasteiger partial charge in [-0.1, -0.05) is 85.6 Å². The van der Waals surface area contributed by atoms with Crippen molar-refractivity contribution in [1.29, 1.82) is 0 Å². The third-order valence-corrected chi connectivity index (χ3v) is 13.3. The van der Waals surface area contributed by atoms with Gasteiger partial charge in [-0.2, -0.15) is 0 Å². The van der Waals surface area contributed by atoms with Gasteiger partial charge in [-0.15, -0.1) is 0 Å². The van der Waals surface area contributed by atoms with Crippen LogP contribution in [0, 0.1) is 146 Å². The van der Waals surface area contributed by atoms with Gasteiger partial charge in [0.25, 0.3) is 0 Å². The maximum absolute atomic E-state index is 14.5. The van der Waals surface area contributed by atoms with Crippen LogP contribution in [0.5, 0.6) is 0 Å². The van der Waals surface area contributed by atoms with Crippen LogP contribution in [0.25, 0.3) is 0 Å². The van der Waals surface area contributed by atoms with Crippen LogP contribution in [-0.2, 0) is 26.2 Å². The normalized spacial score (nSPS) is 27.3. The van der Waals surface area contributed by atoms with Gasteiger partial charge in [0.05, 0.1) is 0 Å². The fraction of sp³-hybridized carbons (Fsp3) is 0.526. The fourth-order valence-electron chi connectivity index (χ4n) is 8.19. The minimum atomic E-state index is -6.41. The summed E-state index contributed by atoms with van der Waals surface area (Å²) in [4.78, 5) is 0. The summed E-state index contributed by atoms with van der Waals surface area (Å²) in [6, 6.07) is 0. The second kappa shape index (κ2) is 18.2. The van der Waals surface area contributed by atoms with Crippen LogP contribution in [0.15, 0.2) is 0 Å². The molecule has 2 aliphatic carbocycles. The van der Waals surface area contributed by atoms with Gasteiger partial charge < -0.3 is 5.02 Å². The molecule has 0 saturated heterocycles. The number of halogens is 15. The molecule has 0 aromatic heterocycles. The van der Waals surface area contributed by atoms with Crippen LogP contribution in [0.3, 0.4) is 0 Å². The molecular weight excluding hydrogens is 859 g/mol. The van der Waals surface area contributed by atoms with E-state index in [1.54, 1.807) is 0 Å². The quantitative estimate of drug-likeness (QED) is 0.120. The SMILES string of the molecule is CC1C(C)C(C)C(C)C1C.CC1C(C)C(C)C(C)C1C.O[B-](c1c(F)c(F)c(F)c(F)c1F)(c1c(F)c(F)c(F)c(F)c1F)c1c(F)c(F)c(F)c(F)c1F.[Zr]. The molecule has 2 saturated carbocycles. The largest absolute Gasteiger partial charge is 0.594 e. The van der Waals surface area contributed by atoms with E-state index in [-0.39, 0.29) is 26.2 Å². The maximum Gasteiger partial charge on any atom is 0.214 e. The predicted octanol–water partition coefficient (Wildman–Crippen LogP) is 10.1. The number of hydrogen-bond donors (Lipinski definition) is 1. The zero-order valence-electron chi connectivity index (χ0n) is 32.0. The van der Waals surface area contributed by atoms with Crippen LogP contribution in [-0.4, -0.2) is 11.4 Å². The van der Waals surface area contributed by atoms with Crippen molar-refractivity contribution in [2.45, 2.75) is 69.2 Å². The molecular formula is C38H41BF15OZr-. The Balaban J connectivity index is 0.000000417. The minimum absolute atomic E-state index is 0. The molecule has 0 unspecified atom stereocenters. The Morgan fingerprint density at radius 1 is 0.250 bits per heavy atom. The van der Waals surface area contributed by atoms with Gasteiger partial charge in [-0.25, -0.2) is 65.9 Å². The van der Waals surface area contributed by atoms with Gasteiger partial charge in [0.15, 0.2) is 52.4 Å². The molecule has 0 bridgehead atoms. The molecule has 3 aromatic carbocycles. The van der Waals surface area contributed by atoms with E-state index in [4.69, 9.17) is 0 Å². The average molecular weight is 901 g/mol. The maximum atomic E-state index is 14.5. The Bertz CT molecular complexity index is 1570. The first kappa shape index (κ1) is 49.7. The van der Waals surface area contributed by atoms with E-state index in [0.717, 1.165) is 59.2 Å². The van der Waals surface area contributed by atoms with Crippen molar-refractivity contribution in [2.75, 3.05) is 0 Å². The van der Waals surface area contributed by atoms with E-state index in [1.165, 1.54) is 0 Å². The van der Waals surface area contributed by atoms with Crippen LogP contribution in [0.2, 0.25) is 0 Å². The van der Waals surface area contributed by atoms with Crippen molar-refractivity contribution < 1.29 is 97.1 Å². The molecule has 1 N–H and O–H groups in total. The Hall–Kier alpha value is -2.48. The summed E-state index contributed by atoms with van der Waals surface area (Å²) in [6.07, 6.45) is -6.41. The van der Waals surface area contributed by atoms with Gasteiger partial charge in [0.1, 0.15) is 34.9 Å². The van der Waals surface area contributed by atoms with E-state index in [2.05, 4.69) is 69.2 Å². The zero-order chi connectivity index (χ0) is 42.7.